The molecule has 1 saturated heterocycles. The van der Waals surface area contributed by atoms with Crippen LogP contribution in [-0.2, 0) is 30.9 Å². The first kappa shape index (κ1) is 18.7. The Balaban J connectivity index is 1.53. The average Bonchev–Trinajstić information content (AvgIpc) is 2.55. The molecular weight excluding hydrogens is 382 g/mol. The number of rotatable bonds is 9. The first-order valence-electron chi connectivity index (χ1n) is 7.70. The van der Waals surface area contributed by atoms with Gasteiger partial charge in [0, 0.05) is 17.3 Å². The minimum absolute atomic E-state index is 0.0845. The van der Waals surface area contributed by atoms with Crippen molar-refractivity contribution in [2.45, 2.75) is 31.3 Å². The van der Waals surface area contributed by atoms with E-state index in [1.807, 2.05) is 24.3 Å². The quantitative estimate of drug-likeness (QED) is 0.469. The van der Waals surface area contributed by atoms with Crippen LogP contribution in [0.2, 0.25) is 0 Å². The second-order valence-corrected chi connectivity index (χ2v) is 7.18. The van der Waals surface area contributed by atoms with Gasteiger partial charge in [0.15, 0.2) is 6.29 Å². The Kier molecular flexibility index (Phi) is 8.99. The molecule has 1 fully saturated rings. The summed E-state index contributed by atoms with van der Waals surface area (Å²) in [5.74, 6) is 0.401. The summed E-state index contributed by atoms with van der Waals surface area (Å²) < 4.78 is 33.1. The molecule has 1 aromatic rings. The number of nitrogens with zero attached hydrogens (tertiary/aromatic N) is 1. The van der Waals surface area contributed by atoms with Gasteiger partial charge < -0.3 is 14.2 Å². The van der Waals surface area contributed by atoms with Gasteiger partial charge in [-0.05, 0) is 37.0 Å². The molecule has 2 atom stereocenters. The third-order valence-electron chi connectivity index (χ3n) is 3.23. The molecule has 5 nitrogen and oxygen atoms in total. The molecule has 1 aliphatic heterocycles. The fourth-order valence-electron chi connectivity index (χ4n) is 2.14. The molecule has 0 radical (unpaired) electrons. The topological polar surface area (TPSA) is 57.1 Å². The van der Waals surface area contributed by atoms with Crippen molar-refractivity contribution in [3.8, 4) is 0 Å². The van der Waals surface area contributed by atoms with Crippen LogP contribution >= 0.6 is 15.9 Å². The van der Waals surface area contributed by atoms with E-state index in [1.54, 1.807) is 6.21 Å². The van der Waals surface area contributed by atoms with Crippen molar-refractivity contribution in [3.63, 3.8) is 0 Å². The van der Waals surface area contributed by atoms with Crippen LogP contribution in [0.25, 0.3) is 0 Å². The normalized spacial score (nSPS) is 20.0. The summed E-state index contributed by atoms with van der Waals surface area (Å²) in [6.45, 7) is 2.09. The number of benzene rings is 1. The van der Waals surface area contributed by atoms with Gasteiger partial charge in [-0.1, -0.05) is 28.1 Å². The van der Waals surface area contributed by atoms with E-state index in [0.717, 1.165) is 35.9 Å². The van der Waals surface area contributed by atoms with Gasteiger partial charge >= 0.3 is 0 Å². The highest BCUT2D eigenvalue weighted by atomic mass is 79.9. The lowest BCUT2D eigenvalue weighted by molar-refractivity contribution is -0.168. The summed E-state index contributed by atoms with van der Waals surface area (Å²) in [7, 11) is -1.27. The van der Waals surface area contributed by atoms with Crippen LogP contribution in [0, 0.1) is 0 Å². The first-order chi connectivity index (χ1) is 11.2. The summed E-state index contributed by atoms with van der Waals surface area (Å²) in [4.78, 5) is 0. The highest BCUT2D eigenvalue weighted by Crippen LogP contribution is 2.14. The van der Waals surface area contributed by atoms with Gasteiger partial charge in [-0.15, -0.1) is 0 Å². The minimum atomic E-state index is -1.27. The standard InChI is InChI=1S/C16H22BrNO4S/c17-15-5-3-4-14(12-15)13-23(19)18-7-9-20-10-11-22-16-6-1-2-8-21-16/h3-5,7,12,16H,1-2,6,8-11,13H2. The Bertz CT molecular complexity index is 521. The third-order valence-corrected chi connectivity index (χ3v) is 4.69. The molecular formula is C16H22BrNO4S. The van der Waals surface area contributed by atoms with Gasteiger partial charge in [0.25, 0.3) is 0 Å². The maximum atomic E-state index is 11.8. The monoisotopic (exact) mass is 403 g/mol. The molecule has 2 unspecified atom stereocenters. The van der Waals surface area contributed by atoms with Crippen molar-refractivity contribution < 1.29 is 18.4 Å². The predicted octanol–water partition coefficient (Wildman–Crippen LogP) is 3.24. The summed E-state index contributed by atoms with van der Waals surface area (Å²) in [5, 5.41) is 0. The van der Waals surface area contributed by atoms with E-state index in [0.29, 0.717) is 25.6 Å². The van der Waals surface area contributed by atoms with Gasteiger partial charge in [0.2, 0.25) is 0 Å². The van der Waals surface area contributed by atoms with E-state index in [-0.39, 0.29) is 6.29 Å². The Morgan fingerprint density at radius 3 is 3.09 bits per heavy atom. The lowest BCUT2D eigenvalue weighted by Gasteiger charge is -2.22. The van der Waals surface area contributed by atoms with Crippen LogP contribution in [0.15, 0.2) is 33.1 Å². The Morgan fingerprint density at radius 1 is 1.39 bits per heavy atom. The molecule has 0 aromatic heterocycles. The molecule has 0 saturated carbocycles. The summed E-state index contributed by atoms with van der Waals surface area (Å²) in [6.07, 6.45) is 4.69. The maximum Gasteiger partial charge on any atom is 0.157 e. The van der Waals surface area contributed by atoms with Crippen LogP contribution in [-0.4, -0.2) is 43.1 Å². The SMILES string of the molecule is O=S(Cc1cccc(Br)c1)N=CCOCCOC1CCCCO1. The molecule has 23 heavy (non-hydrogen) atoms. The maximum absolute atomic E-state index is 11.8. The van der Waals surface area contributed by atoms with Gasteiger partial charge in [-0.2, -0.15) is 4.40 Å². The van der Waals surface area contributed by atoms with Gasteiger partial charge in [-0.3, -0.25) is 0 Å². The number of hydrogen-bond donors (Lipinski definition) is 0. The van der Waals surface area contributed by atoms with Crippen molar-refractivity contribution in [1.82, 2.24) is 0 Å². The van der Waals surface area contributed by atoms with E-state index >= 15 is 0 Å². The fraction of sp³-hybridized carbons (Fsp3) is 0.562. The van der Waals surface area contributed by atoms with Crippen molar-refractivity contribution in [2.24, 2.45) is 4.40 Å². The molecule has 128 valence electrons. The first-order valence-corrected chi connectivity index (χ1v) is 9.77. The zero-order valence-electron chi connectivity index (χ0n) is 13.0. The van der Waals surface area contributed by atoms with E-state index in [4.69, 9.17) is 14.2 Å². The Hall–Kier alpha value is -0.600. The van der Waals surface area contributed by atoms with E-state index in [1.165, 1.54) is 0 Å². The van der Waals surface area contributed by atoms with Crippen LogP contribution < -0.4 is 0 Å². The number of halogens is 1. The summed E-state index contributed by atoms with van der Waals surface area (Å²) in [6, 6.07) is 7.72. The lowest BCUT2D eigenvalue weighted by Crippen LogP contribution is -2.24. The van der Waals surface area contributed by atoms with Crippen LogP contribution in [0.4, 0.5) is 0 Å². The Labute approximate surface area is 148 Å². The molecule has 1 aliphatic rings. The molecule has 0 spiro atoms. The molecule has 0 N–H and O–H groups in total. The van der Waals surface area contributed by atoms with Crippen molar-refractivity contribution in [3.05, 3.63) is 34.3 Å². The highest BCUT2D eigenvalue weighted by molar-refractivity contribution is 9.10. The molecule has 7 heteroatoms. The second kappa shape index (κ2) is 11.0. The van der Waals surface area contributed by atoms with Crippen LogP contribution in [0.5, 0.6) is 0 Å². The molecule has 2 rings (SSSR count). The zero-order valence-corrected chi connectivity index (χ0v) is 15.4. The second-order valence-electron chi connectivity index (χ2n) is 5.13. The lowest BCUT2D eigenvalue weighted by atomic mass is 10.2. The minimum Gasteiger partial charge on any atom is -0.373 e. The number of hydrogen-bond acceptors (Lipinski definition) is 4. The van der Waals surface area contributed by atoms with Gasteiger partial charge in [0.1, 0.15) is 11.0 Å². The van der Waals surface area contributed by atoms with Crippen LogP contribution in [0.1, 0.15) is 24.8 Å². The van der Waals surface area contributed by atoms with Crippen molar-refractivity contribution in [2.75, 3.05) is 26.4 Å². The average molecular weight is 404 g/mol. The molecule has 0 amide bonds. The summed E-state index contributed by atoms with van der Waals surface area (Å²) >= 11 is 3.39. The van der Waals surface area contributed by atoms with Crippen molar-refractivity contribution in [1.29, 1.82) is 0 Å². The predicted molar refractivity (Wildman–Crippen MR) is 94.8 cm³/mol. The number of ether oxygens (including phenoxy) is 3. The third kappa shape index (κ3) is 8.17. The van der Waals surface area contributed by atoms with E-state index < -0.39 is 11.0 Å². The molecule has 0 bridgehead atoms. The van der Waals surface area contributed by atoms with Crippen molar-refractivity contribution >= 4 is 33.1 Å². The smallest absolute Gasteiger partial charge is 0.157 e. The van der Waals surface area contributed by atoms with E-state index in [2.05, 4.69) is 20.3 Å². The largest absolute Gasteiger partial charge is 0.373 e. The van der Waals surface area contributed by atoms with E-state index in [9.17, 15) is 4.21 Å². The fourth-order valence-corrected chi connectivity index (χ4v) is 3.35. The van der Waals surface area contributed by atoms with Gasteiger partial charge in [-0.25, -0.2) is 4.21 Å². The highest BCUT2D eigenvalue weighted by Gasteiger charge is 2.13. The molecule has 1 heterocycles. The zero-order chi connectivity index (χ0) is 16.3. The van der Waals surface area contributed by atoms with Gasteiger partial charge in [0.05, 0.1) is 25.6 Å². The molecule has 1 aromatic carbocycles. The van der Waals surface area contributed by atoms with Crippen LogP contribution in [0.3, 0.4) is 0 Å². The molecule has 0 aliphatic carbocycles. The summed E-state index contributed by atoms with van der Waals surface area (Å²) in [5.41, 5.74) is 0.983. The Morgan fingerprint density at radius 2 is 2.30 bits per heavy atom.